The van der Waals surface area contributed by atoms with Gasteiger partial charge in [0.15, 0.2) is 0 Å². The molecule has 2 aromatic rings. The quantitative estimate of drug-likeness (QED) is 0.650. The van der Waals surface area contributed by atoms with E-state index in [1.165, 1.54) is 6.21 Å². The Morgan fingerprint density at radius 3 is 3.05 bits per heavy atom. The van der Waals surface area contributed by atoms with Crippen molar-refractivity contribution in [1.29, 1.82) is 0 Å². The van der Waals surface area contributed by atoms with E-state index in [9.17, 15) is 4.79 Å². The van der Waals surface area contributed by atoms with Crippen LogP contribution in [0.25, 0.3) is 0 Å². The molecule has 1 aromatic heterocycles. The van der Waals surface area contributed by atoms with Gasteiger partial charge in [-0.3, -0.25) is 4.79 Å². The number of ether oxygens (including phenoxy) is 1. The van der Waals surface area contributed by atoms with Gasteiger partial charge in [-0.2, -0.15) is 5.10 Å². The van der Waals surface area contributed by atoms with Gasteiger partial charge in [-0.15, -0.1) is 5.10 Å². The zero-order chi connectivity index (χ0) is 15.2. The number of rotatable bonds is 5. The van der Waals surface area contributed by atoms with Crippen molar-refractivity contribution in [2.24, 2.45) is 5.10 Å². The molecule has 110 valence electrons. The van der Waals surface area contributed by atoms with E-state index in [4.69, 9.17) is 4.74 Å². The first kappa shape index (κ1) is 15.6. The van der Waals surface area contributed by atoms with Crippen LogP contribution in [-0.2, 0) is 0 Å². The number of carbonyl (C=O) groups excluding carboxylic acids is 1. The predicted octanol–water partition coefficient (Wildman–Crippen LogP) is 2.77. The highest BCUT2D eigenvalue weighted by atomic mass is 79.9. The number of benzene rings is 1. The number of hydrogen-bond donors (Lipinski definition) is 1. The summed E-state index contributed by atoms with van der Waals surface area (Å²) in [4.78, 5) is 12.3. The average molecular weight is 369 g/mol. The van der Waals surface area contributed by atoms with Gasteiger partial charge in [0.1, 0.15) is 10.6 Å². The molecule has 0 aliphatic heterocycles. The van der Waals surface area contributed by atoms with E-state index >= 15 is 0 Å². The number of nitrogens with zero attached hydrogens (tertiary/aromatic N) is 3. The molecule has 0 fully saturated rings. The lowest BCUT2D eigenvalue weighted by Gasteiger charge is -2.06. The molecule has 0 saturated heterocycles. The Bertz CT molecular complexity index is 672. The van der Waals surface area contributed by atoms with Crippen LogP contribution in [0.2, 0.25) is 0 Å². The third-order valence-electron chi connectivity index (χ3n) is 2.50. The second-order valence-corrected chi connectivity index (χ2v) is 5.67. The zero-order valence-electron chi connectivity index (χ0n) is 11.5. The normalized spacial score (nSPS) is 10.8. The first-order valence-corrected chi connectivity index (χ1v) is 7.73. The van der Waals surface area contributed by atoms with E-state index in [1.54, 1.807) is 6.92 Å². The Morgan fingerprint density at radius 2 is 2.38 bits per heavy atom. The molecule has 1 aromatic carbocycles. The molecule has 1 N–H and O–H groups in total. The maximum atomic E-state index is 11.9. The van der Waals surface area contributed by atoms with E-state index in [0.717, 1.165) is 21.6 Å². The summed E-state index contributed by atoms with van der Waals surface area (Å²) in [6, 6.07) is 5.58. The summed E-state index contributed by atoms with van der Waals surface area (Å²) in [5.41, 5.74) is 3.81. The lowest BCUT2D eigenvalue weighted by atomic mass is 10.2. The van der Waals surface area contributed by atoms with Gasteiger partial charge in [0.25, 0.3) is 5.91 Å². The summed E-state index contributed by atoms with van der Waals surface area (Å²) in [5.74, 6) is 0.376. The molecule has 21 heavy (non-hydrogen) atoms. The topological polar surface area (TPSA) is 76.5 Å². The van der Waals surface area contributed by atoms with E-state index in [0.29, 0.717) is 22.9 Å². The van der Waals surface area contributed by atoms with Crippen LogP contribution in [0, 0.1) is 6.92 Å². The maximum Gasteiger partial charge on any atom is 0.285 e. The Kier molecular flexibility index (Phi) is 5.40. The first-order chi connectivity index (χ1) is 10.1. The molecule has 0 unspecified atom stereocenters. The van der Waals surface area contributed by atoms with Crippen LogP contribution in [0.4, 0.5) is 0 Å². The third-order valence-corrected chi connectivity index (χ3v) is 3.82. The van der Waals surface area contributed by atoms with Crippen LogP contribution < -0.4 is 10.2 Å². The number of amides is 1. The Hall–Kier alpha value is -1.80. The molecule has 0 aliphatic rings. The van der Waals surface area contributed by atoms with Crippen LogP contribution in [0.5, 0.6) is 5.75 Å². The van der Waals surface area contributed by atoms with E-state index in [2.05, 4.69) is 36.0 Å². The standard InChI is InChI=1S/C13H13BrN4O2S/c1-3-20-11-5-4-10(14)6-9(11)7-15-17-13(19)12-8(2)16-18-21-12/h4-7H,3H2,1-2H3,(H,17,19)/b15-7-. The van der Waals surface area contributed by atoms with Gasteiger partial charge in [-0.1, -0.05) is 20.4 Å². The van der Waals surface area contributed by atoms with Gasteiger partial charge in [0.2, 0.25) is 0 Å². The van der Waals surface area contributed by atoms with Crippen molar-refractivity contribution < 1.29 is 9.53 Å². The van der Waals surface area contributed by atoms with Gasteiger partial charge >= 0.3 is 0 Å². The number of aromatic nitrogens is 2. The fourth-order valence-corrected chi connectivity index (χ4v) is 2.48. The predicted molar refractivity (Wildman–Crippen MR) is 85.0 cm³/mol. The number of carbonyl (C=O) groups is 1. The highest BCUT2D eigenvalue weighted by Gasteiger charge is 2.12. The third kappa shape index (κ3) is 4.08. The van der Waals surface area contributed by atoms with Crippen molar-refractivity contribution in [1.82, 2.24) is 15.0 Å². The number of hydrazone groups is 1. The van der Waals surface area contributed by atoms with Crippen LogP contribution in [-0.4, -0.2) is 28.3 Å². The fraction of sp³-hybridized carbons (Fsp3) is 0.231. The van der Waals surface area contributed by atoms with Crippen LogP contribution in [0.3, 0.4) is 0 Å². The van der Waals surface area contributed by atoms with Crippen molar-refractivity contribution in [3.05, 3.63) is 38.8 Å². The number of nitrogens with one attached hydrogen (secondary N) is 1. The minimum absolute atomic E-state index is 0.327. The molecule has 2 rings (SSSR count). The minimum atomic E-state index is -0.327. The largest absolute Gasteiger partial charge is 0.493 e. The van der Waals surface area contributed by atoms with E-state index in [-0.39, 0.29) is 5.91 Å². The summed E-state index contributed by atoms with van der Waals surface area (Å²) in [5, 5.41) is 7.73. The molecule has 1 amide bonds. The summed E-state index contributed by atoms with van der Waals surface area (Å²) < 4.78 is 10.1. The molecular weight excluding hydrogens is 356 g/mol. The molecule has 0 atom stereocenters. The minimum Gasteiger partial charge on any atom is -0.493 e. The summed E-state index contributed by atoms with van der Waals surface area (Å²) >= 11 is 4.43. The molecule has 6 nitrogen and oxygen atoms in total. The Labute approximate surface area is 134 Å². The summed E-state index contributed by atoms with van der Waals surface area (Å²) in [7, 11) is 0. The van der Waals surface area contributed by atoms with Crippen molar-refractivity contribution in [3.8, 4) is 5.75 Å². The molecule has 8 heteroatoms. The van der Waals surface area contributed by atoms with E-state index < -0.39 is 0 Å². The molecule has 0 aliphatic carbocycles. The molecular formula is C13H13BrN4O2S. The molecule has 0 radical (unpaired) electrons. The monoisotopic (exact) mass is 368 g/mol. The first-order valence-electron chi connectivity index (χ1n) is 6.16. The smallest absolute Gasteiger partial charge is 0.285 e. The van der Waals surface area contributed by atoms with Crippen molar-refractivity contribution >= 4 is 39.6 Å². The van der Waals surface area contributed by atoms with Crippen LogP contribution >= 0.6 is 27.5 Å². The molecule has 0 spiro atoms. The highest BCUT2D eigenvalue weighted by Crippen LogP contribution is 2.21. The van der Waals surface area contributed by atoms with Crippen LogP contribution in [0.1, 0.15) is 27.9 Å². The van der Waals surface area contributed by atoms with Crippen LogP contribution in [0.15, 0.2) is 27.8 Å². The van der Waals surface area contributed by atoms with E-state index in [1.807, 2.05) is 25.1 Å². The van der Waals surface area contributed by atoms with Gasteiger partial charge in [-0.25, -0.2) is 5.43 Å². The lowest BCUT2D eigenvalue weighted by molar-refractivity contribution is 0.0958. The molecule has 0 saturated carbocycles. The summed E-state index contributed by atoms with van der Waals surface area (Å²) in [6.45, 7) is 4.19. The fourth-order valence-electron chi connectivity index (χ4n) is 1.56. The van der Waals surface area contributed by atoms with Crippen molar-refractivity contribution in [2.45, 2.75) is 13.8 Å². The Balaban J connectivity index is 2.09. The molecule has 0 bridgehead atoms. The van der Waals surface area contributed by atoms with Crippen molar-refractivity contribution in [2.75, 3.05) is 6.61 Å². The lowest BCUT2D eigenvalue weighted by Crippen LogP contribution is -2.17. The number of hydrogen-bond acceptors (Lipinski definition) is 6. The Morgan fingerprint density at radius 1 is 1.57 bits per heavy atom. The second kappa shape index (κ2) is 7.28. The second-order valence-electron chi connectivity index (χ2n) is 4.00. The number of aryl methyl sites for hydroxylation is 1. The zero-order valence-corrected chi connectivity index (χ0v) is 13.9. The van der Waals surface area contributed by atoms with Crippen molar-refractivity contribution in [3.63, 3.8) is 0 Å². The van der Waals surface area contributed by atoms with Gasteiger partial charge in [0, 0.05) is 10.0 Å². The maximum absolute atomic E-state index is 11.9. The SMILES string of the molecule is CCOc1ccc(Br)cc1/C=N\NC(=O)c1snnc1C. The van der Waals surface area contributed by atoms with Gasteiger partial charge < -0.3 is 4.74 Å². The molecule has 1 heterocycles. The summed E-state index contributed by atoms with van der Waals surface area (Å²) in [6.07, 6.45) is 1.54. The average Bonchev–Trinajstić information content (AvgIpc) is 2.88. The highest BCUT2D eigenvalue weighted by molar-refractivity contribution is 9.10. The van der Waals surface area contributed by atoms with Gasteiger partial charge in [0.05, 0.1) is 18.5 Å². The van der Waals surface area contributed by atoms with Gasteiger partial charge in [-0.05, 0) is 43.6 Å². The number of halogens is 1.